The fourth-order valence-electron chi connectivity index (χ4n) is 3.37. The zero-order valence-corrected chi connectivity index (χ0v) is 15.2. The van der Waals surface area contributed by atoms with E-state index in [9.17, 15) is 9.90 Å². The number of hydrogen-bond acceptors (Lipinski definition) is 3. The average Bonchev–Trinajstić information content (AvgIpc) is 2.54. The molecule has 1 aliphatic rings. The summed E-state index contributed by atoms with van der Waals surface area (Å²) < 4.78 is 5.78. The van der Waals surface area contributed by atoms with Gasteiger partial charge in [0.05, 0.1) is 11.7 Å². The van der Waals surface area contributed by atoms with Crippen molar-refractivity contribution in [1.82, 2.24) is 4.90 Å². The Morgan fingerprint density at radius 2 is 2.04 bits per heavy atom. The van der Waals surface area contributed by atoms with E-state index in [2.05, 4.69) is 6.92 Å². The van der Waals surface area contributed by atoms with Gasteiger partial charge in [0.15, 0.2) is 0 Å². The molecule has 0 radical (unpaired) electrons. The molecule has 0 aliphatic carbocycles. The van der Waals surface area contributed by atoms with Gasteiger partial charge in [-0.25, -0.2) is 0 Å². The van der Waals surface area contributed by atoms with Crippen molar-refractivity contribution in [2.45, 2.75) is 64.7 Å². The zero-order chi connectivity index (χ0) is 17.6. The molecule has 0 bridgehead atoms. The average molecular weight is 333 g/mol. The van der Waals surface area contributed by atoms with Gasteiger partial charge in [-0.3, -0.25) is 4.79 Å². The molecular formula is C20H31NO3. The second-order valence-corrected chi connectivity index (χ2v) is 7.50. The summed E-state index contributed by atoms with van der Waals surface area (Å²) in [5, 5.41) is 10.2. The van der Waals surface area contributed by atoms with Crippen LogP contribution in [-0.4, -0.2) is 40.8 Å². The molecule has 4 nitrogen and oxygen atoms in total. The van der Waals surface area contributed by atoms with Gasteiger partial charge in [0.2, 0.25) is 5.91 Å². The molecular weight excluding hydrogens is 302 g/mol. The van der Waals surface area contributed by atoms with Crippen LogP contribution in [0.2, 0.25) is 0 Å². The molecule has 1 heterocycles. The summed E-state index contributed by atoms with van der Waals surface area (Å²) in [6.45, 7) is 7.19. The topological polar surface area (TPSA) is 49.8 Å². The number of aliphatic hydroxyl groups is 1. The fourth-order valence-corrected chi connectivity index (χ4v) is 3.37. The summed E-state index contributed by atoms with van der Waals surface area (Å²) in [7, 11) is 0. The van der Waals surface area contributed by atoms with Gasteiger partial charge < -0.3 is 14.7 Å². The standard InChI is InChI=1S/C20H31NO3/c1-4-8-18-13-17(11-12-24-18)19(22)21(15-20(2,3)23)14-16-9-6-5-7-10-16/h5-7,9-10,17-18,23H,4,8,11-15H2,1-3H3. The predicted octanol–water partition coefficient (Wildman–Crippen LogP) is 3.38. The van der Waals surface area contributed by atoms with Crippen LogP contribution in [0.25, 0.3) is 0 Å². The van der Waals surface area contributed by atoms with E-state index in [1.807, 2.05) is 35.2 Å². The molecule has 1 aliphatic heterocycles. The van der Waals surface area contributed by atoms with Gasteiger partial charge in [0.1, 0.15) is 0 Å². The van der Waals surface area contributed by atoms with Crippen molar-refractivity contribution in [2.24, 2.45) is 5.92 Å². The second kappa shape index (κ2) is 8.63. The first-order valence-electron chi connectivity index (χ1n) is 9.05. The Morgan fingerprint density at radius 3 is 2.67 bits per heavy atom. The highest BCUT2D eigenvalue weighted by molar-refractivity contribution is 5.79. The second-order valence-electron chi connectivity index (χ2n) is 7.50. The fraction of sp³-hybridized carbons (Fsp3) is 0.650. The van der Waals surface area contributed by atoms with Crippen LogP contribution >= 0.6 is 0 Å². The summed E-state index contributed by atoms with van der Waals surface area (Å²) in [5.74, 6) is 0.145. The monoisotopic (exact) mass is 333 g/mol. The maximum atomic E-state index is 13.1. The molecule has 1 aromatic carbocycles. The largest absolute Gasteiger partial charge is 0.389 e. The van der Waals surface area contributed by atoms with Crippen LogP contribution in [0.1, 0.15) is 52.0 Å². The first-order chi connectivity index (χ1) is 11.4. The van der Waals surface area contributed by atoms with Crippen LogP contribution < -0.4 is 0 Å². The number of benzene rings is 1. The van der Waals surface area contributed by atoms with Crippen LogP contribution in [0.3, 0.4) is 0 Å². The lowest BCUT2D eigenvalue weighted by atomic mass is 9.91. The number of hydrogen-bond donors (Lipinski definition) is 1. The van der Waals surface area contributed by atoms with Crippen molar-refractivity contribution in [1.29, 1.82) is 0 Å². The zero-order valence-electron chi connectivity index (χ0n) is 15.2. The molecule has 0 aromatic heterocycles. The minimum atomic E-state index is -0.904. The SMILES string of the molecule is CCCC1CC(C(=O)N(Cc2ccccc2)CC(C)(C)O)CCO1. The molecule has 134 valence electrons. The van der Waals surface area contributed by atoms with Crippen molar-refractivity contribution in [3.8, 4) is 0 Å². The Hall–Kier alpha value is -1.39. The maximum Gasteiger partial charge on any atom is 0.226 e. The van der Waals surface area contributed by atoms with Gasteiger partial charge >= 0.3 is 0 Å². The summed E-state index contributed by atoms with van der Waals surface area (Å²) >= 11 is 0. The van der Waals surface area contributed by atoms with Crippen molar-refractivity contribution in [3.63, 3.8) is 0 Å². The van der Waals surface area contributed by atoms with E-state index in [0.29, 0.717) is 19.7 Å². The predicted molar refractivity (Wildman–Crippen MR) is 95.5 cm³/mol. The van der Waals surface area contributed by atoms with Gasteiger partial charge in [0.25, 0.3) is 0 Å². The van der Waals surface area contributed by atoms with Crippen LogP contribution in [-0.2, 0) is 16.1 Å². The van der Waals surface area contributed by atoms with E-state index >= 15 is 0 Å². The third kappa shape index (κ3) is 5.91. The van der Waals surface area contributed by atoms with E-state index in [-0.39, 0.29) is 17.9 Å². The van der Waals surface area contributed by atoms with Crippen molar-refractivity contribution in [2.75, 3.05) is 13.2 Å². The molecule has 4 heteroatoms. The van der Waals surface area contributed by atoms with Gasteiger partial charge in [0, 0.05) is 25.6 Å². The Morgan fingerprint density at radius 1 is 1.33 bits per heavy atom. The lowest BCUT2D eigenvalue weighted by molar-refractivity contribution is -0.144. The molecule has 1 amide bonds. The van der Waals surface area contributed by atoms with E-state index < -0.39 is 5.60 Å². The third-order valence-corrected chi connectivity index (χ3v) is 4.43. The molecule has 0 saturated carbocycles. The lowest BCUT2D eigenvalue weighted by Crippen LogP contribution is -2.46. The molecule has 2 rings (SSSR count). The molecule has 1 aromatic rings. The van der Waals surface area contributed by atoms with E-state index in [4.69, 9.17) is 4.74 Å². The number of carbonyl (C=O) groups excluding carboxylic acids is 1. The quantitative estimate of drug-likeness (QED) is 0.832. The van der Waals surface area contributed by atoms with E-state index in [0.717, 1.165) is 31.2 Å². The number of amides is 1. The Labute approximate surface area is 145 Å². The first-order valence-corrected chi connectivity index (χ1v) is 9.05. The number of ether oxygens (including phenoxy) is 1. The highest BCUT2D eigenvalue weighted by Gasteiger charge is 2.32. The number of nitrogens with zero attached hydrogens (tertiary/aromatic N) is 1. The highest BCUT2D eigenvalue weighted by atomic mass is 16.5. The summed E-state index contributed by atoms with van der Waals surface area (Å²) in [4.78, 5) is 14.9. The Kier molecular flexibility index (Phi) is 6.81. The molecule has 2 unspecified atom stereocenters. The van der Waals surface area contributed by atoms with E-state index in [1.54, 1.807) is 13.8 Å². The number of rotatable bonds is 7. The first kappa shape index (κ1) is 18.9. The molecule has 1 fully saturated rings. The minimum Gasteiger partial charge on any atom is -0.389 e. The smallest absolute Gasteiger partial charge is 0.226 e. The van der Waals surface area contributed by atoms with Crippen molar-refractivity contribution < 1.29 is 14.6 Å². The highest BCUT2D eigenvalue weighted by Crippen LogP contribution is 2.26. The van der Waals surface area contributed by atoms with Crippen LogP contribution in [0.5, 0.6) is 0 Å². The Bertz CT molecular complexity index is 507. The molecule has 24 heavy (non-hydrogen) atoms. The summed E-state index contributed by atoms with van der Waals surface area (Å²) in [6, 6.07) is 9.98. The van der Waals surface area contributed by atoms with Gasteiger partial charge in [-0.05, 0) is 38.7 Å². The van der Waals surface area contributed by atoms with Crippen LogP contribution in [0.15, 0.2) is 30.3 Å². The lowest BCUT2D eigenvalue weighted by Gasteiger charge is -2.35. The molecule has 2 atom stereocenters. The summed E-state index contributed by atoms with van der Waals surface area (Å²) in [5.41, 5.74) is 0.186. The minimum absolute atomic E-state index is 0.00126. The van der Waals surface area contributed by atoms with Crippen molar-refractivity contribution in [3.05, 3.63) is 35.9 Å². The van der Waals surface area contributed by atoms with Crippen LogP contribution in [0.4, 0.5) is 0 Å². The molecule has 1 N–H and O–H groups in total. The third-order valence-electron chi connectivity index (χ3n) is 4.43. The normalized spacial score (nSPS) is 21.5. The van der Waals surface area contributed by atoms with Gasteiger partial charge in [-0.1, -0.05) is 43.7 Å². The molecule has 0 spiro atoms. The summed E-state index contributed by atoms with van der Waals surface area (Å²) in [6.07, 6.45) is 3.84. The Balaban J connectivity index is 2.08. The van der Waals surface area contributed by atoms with Gasteiger partial charge in [-0.15, -0.1) is 0 Å². The van der Waals surface area contributed by atoms with Crippen LogP contribution in [0, 0.1) is 5.92 Å². The number of carbonyl (C=O) groups is 1. The maximum absolute atomic E-state index is 13.1. The van der Waals surface area contributed by atoms with E-state index in [1.165, 1.54) is 0 Å². The molecule has 1 saturated heterocycles. The van der Waals surface area contributed by atoms with Gasteiger partial charge in [-0.2, -0.15) is 0 Å². The van der Waals surface area contributed by atoms with Crippen molar-refractivity contribution >= 4 is 5.91 Å².